The molecule has 0 aromatic rings. The van der Waals surface area contributed by atoms with Gasteiger partial charge in [-0.2, -0.15) is 5.26 Å². The Labute approximate surface area is 87.7 Å². The van der Waals surface area contributed by atoms with Crippen LogP contribution in [0.15, 0.2) is 0 Å². The monoisotopic (exact) mass is 214 g/mol. The summed E-state index contributed by atoms with van der Waals surface area (Å²) < 4.78 is 0. The molecule has 2 unspecified atom stereocenters. The van der Waals surface area contributed by atoms with Gasteiger partial charge < -0.3 is 10.2 Å². The van der Waals surface area contributed by atoms with Crippen LogP contribution in [0.25, 0.3) is 0 Å². The Balaban J connectivity index is 4.47. The first kappa shape index (κ1) is 13.4. The summed E-state index contributed by atoms with van der Waals surface area (Å²) in [6, 6.07) is 0.962. The third kappa shape index (κ3) is 4.42. The Morgan fingerprint density at radius 3 is 2.20 bits per heavy atom. The quantitative estimate of drug-likeness (QED) is 0.604. The number of hydrogen-bond acceptors (Lipinski definition) is 4. The summed E-state index contributed by atoms with van der Waals surface area (Å²) in [5.41, 5.74) is 0. The van der Waals surface area contributed by atoms with Crippen LogP contribution in [0.4, 0.5) is 0 Å². The highest BCUT2D eigenvalue weighted by Gasteiger charge is 2.24. The van der Waals surface area contributed by atoms with Gasteiger partial charge in [0.1, 0.15) is 6.04 Å². The van der Waals surface area contributed by atoms with Gasteiger partial charge in [-0.25, -0.2) is 0 Å². The molecule has 6 nitrogen and oxygen atoms in total. The summed E-state index contributed by atoms with van der Waals surface area (Å²) in [5.74, 6) is -2.77. The van der Waals surface area contributed by atoms with E-state index in [0.717, 1.165) is 0 Å². The van der Waals surface area contributed by atoms with Crippen molar-refractivity contribution in [3.63, 3.8) is 0 Å². The van der Waals surface area contributed by atoms with E-state index in [1.807, 2.05) is 6.07 Å². The number of rotatable bonds is 6. The lowest BCUT2D eigenvalue weighted by Gasteiger charge is -2.24. The van der Waals surface area contributed by atoms with Crippen molar-refractivity contribution in [3.8, 4) is 6.07 Å². The lowest BCUT2D eigenvalue weighted by Crippen LogP contribution is -2.42. The van der Waals surface area contributed by atoms with Crippen molar-refractivity contribution in [1.29, 1.82) is 5.26 Å². The molecule has 2 atom stereocenters. The van der Waals surface area contributed by atoms with Gasteiger partial charge in [-0.05, 0) is 6.92 Å². The van der Waals surface area contributed by atoms with Gasteiger partial charge in [-0.1, -0.05) is 6.92 Å². The molecule has 0 aliphatic carbocycles. The molecule has 2 N–H and O–H groups in total. The second-order valence-corrected chi connectivity index (χ2v) is 3.34. The summed E-state index contributed by atoms with van der Waals surface area (Å²) in [5, 5.41) is 25.9. The third-order valence-electron chi connectivity index (χ3n) is 2.11. The predicted octanol–water partition coefficient (Wildman–Crippen LogP) is 0.00578. The first-order valence-electron chi connectivity index (χ1n) is 4.46. The van der Waals surface area contributed by atoms with Crippen LogP contribution in [0.5, 0.6) is 0 Å². The zero-order valence-electron chi connectivity index (χ0n) is 8.67. The van der Waals surface area contributed by atoms with E-state index in [2.05, 4.69) is 0 Å². The second kappa shape index (κ2) is 5.98. The minimum absolute atomic E-state index is 0.0519. The van der Waals surface area contributed by atoms with E-state index in [0.29, 0.717) is 0 Å². The average Bonchev–Trinajstić information content (AvgIpc) is 2.15. The minimum atomic E-state index is -1.07. The average molecular weight is 214 g/mol. The number of carboxylic acids is 2. The molecule has 6 heteroatoms. The smallest absolute Gasteiger partial charge is 0.320 e. The molecule has 0 radical (unpaired) electrons. The number of carboxylic acid groups (broad SMARTS) is 2. The lowest BCUT2D eigenvalue weighted by atomic mass is 10.1. The van der Waals surface area contributed by atoms with Crippen molar-refractivity contribution < 1.29 is 19.8 Å². The van der Waals surface area contributed by atoms with Crippen LogP contribution >= 0.6 is 0 Å². The van der Waals surface area contributed by atoms with Crippen LogP contribution in [-0.2, 0) is 9.59 Å². The molecule has 0 aliphatic rings. The normalized spacial score (nSPS) is 14.3. The fourth-order valence-electron chi connectivity index (χ4n) is 1.04. The zero-order chi connectivity index (χ0) is 12.0. The fraction of sp³-hybridized carbons (Fsp3) is 0.667. The number of nitriles is 1. The first-order chi connectivity index (χ1) is 6.90. The molecule has 0 heterocycles. The van der Waals surface area contributed by atoms with Crippen LogP contribution < -0.4 is 0 Å². The van der Waals surface area contributed by atoms with E-state index in [1.54, 1.807) is 0 Å². The molecule has 0 rings (SSSR count). The summed E-state index contributed by atoms with van der Waals surface area (Å²) in [4.78, 5) is 22.6. The SMILES string of the molecule is CC(CN(CC#N)C(C)C(=O)O)C(=O)O. The Morgan fingerprint density at radius 1 is 1.33 bits per heavy atom. The predicted molar refractivity (Wildman–Crippen MR) is 51.1 cm³/mol. The zero-order valence-corrected chi connectivity index (χ0v) is 8.67. The lowest BCUT2D eigenvalue weighted by molar-refractivity contribution is -0.146. The maximum absolute atomic E-state index is 10.7. The number of carbonyl (C=O) groups is 2. The molecule has 84 valence electrons. The number of aliphatic carboxylic acids is 2. The maximum atomic E-state index is 10.7. The number of hydrogen-bond donors (Lipinski definition) is 2. The molecule has 0 amide bonds. The van der Waals surface area contributed by atoms with Crippen molar-refractivity contribution in [3.05, 3.63) is 0 Å². The largest absolute Gasteiger partial charge is 0.481 e. The minimum Gasteiger partial charge on any atom is -0.481 e. The molecule has 0 aliphatic heterocycles. The Morgan fingerprint density at radius 2 is 1.87 bits per heavy atom. The van der Waals surface area contributed by atoms with Crippen molar-refractivity contribution in [1.82, 2.24) is 4.90 Å². The molecule has 15 heavy (non-hydrogen) atoms. The highest BCUT2D eigenvalue weighted by Crippen LogP contribution is 2.05. The van der Waals surface area contributed by atoms with Crippen LogP contribution in [0.1, 0.15) is 13.8 Å². The molecule has 0 saturated heterocycles. The van der Waals surface area contributed by atoms with Gasteiger partial charge in [-0.3, -0.25) is 14.5 Å². The Hall–Kier alpha value is -1.61. The molecule has 0 fully saturated rings. The number of nitrogens with zero attached hydrogens (tertiary/aromatic N) is 2. The first-order valence-corrected chi connectivity index (χ1v) is 4.46. The fourth-order valence-corrected chi connectivity index (χ4v) is 1.04. The Kier molecular flexibility index (Phi) is 5.34. The molecule has 0 aromatic heterocycles. The van der Waals surface area contributed by atoms with Crippen molar-refractivity contribution in [2.45, 2.75) is 19.9 Å². The summed E-state index contributed by atoms with van der Waals surface area (Å²) in [6.45, 7) is 2.86. The van der Waals surface area contributed by atoms with E-state index in [1.165, 1.54) is 18.7 Å². The van der Waals surface area contributed by atoms with Gasteiger partial charge >= 0.3 is 11.9 Å². The van der Waals surface area contributed by atoms with E-state index >= 15 is 0 Å². The van der Waals surface area contributed by atoms with Gasteiger partial charge in [0.2, 0.25) is 0 Å². The van der Waals surface area contributed by atoms with Gasteiger partial charge in [-0.15, -0.1) is 0 Å². The van der Waals surface area contributed by atoms with Crippen LogP contribution in [0, 0.1) is 17.2 Å². The van der Waals surface area contributed by atoms with E-state index in [9.17, 15) is 9.59 Å². The summed E-state index contributed by atoms with van der Waals surface area (Å²) >= 11 is 0. The summed E-state index contributed by atoms with van der Waals surface area (Å²) in [6.07, 6.45) is 0. The van der Waals surface area contributed by atoms with Gasteiger partial charge in [0.05, 0.1) is 18.5 Å². The van der Waals surface area contributed by atoms with Crippen LogP contribution in [-0.4, -0.2) is 46.2 Å². The van der Waals surface area contributed by atoms with Gasteiger partial charge in [0.25, 0.3) is 0 Å². The highest BCUT2D eigenvalue weighted by molar-refractivity contribution is 5.73. The maximum Gasteiger partial charge on any atom is 0.320 e. The highest BCUT2D eigenvalue weighted by atomic mass is 16.4. The summed E-state index contributed by atoms with van der Waals surface area (Å²) in [7, 11) is 0. The topological polar surface area (TPSA) is 102 Å². The van der Waals surface area contributed by atoms with Gasteiger partial charge in [0.15, 0.2) is 0 Å². The molecule has 0 spiro atoms. The van der Waals surface area contributed by atoms with Crippen molar-refractivity contribution in [2.24, 2.45) is 5.92 Å². The van der Waals surface area contributed by atoms with Crippen LogP contribution in [0.3, 0.4) is 0 Å². The van der Waals surface area contributed by atoms with Crippen LogP contribution in [0.2, 0.25) is 0 Å². The van der Waals surface area contributed by atoms with E-state index < -0.39 is 23.9 Å². The van der Waals surface area contributed by atoms with E-state index in [4.69, 9.17) is 15.5 Å². The second-order valence-electron chi connectivity index (χ2n) is 3.34. The molecular weight excluding hydrogens is 200 g/mol. The molecule has 0 bridgehead atoms. The van der Waals surface area contributed by atoms with E-state index in [-0.39, 0.29) is 13.1 Å². The van der Waals surface area contributed by atoms with Gasteiger partial charge in [0, 0.05) is 6.54 Å². The standard InChI is InChI=1S/C9H14N2O4/c1-6(8(12)13)5-11(4-3-10)7(2)9(14)15/h6-7H,4-5H2,1-2H3,(H,12,13)(H,14,15). The molecular formula is C9H14N2O4. The molecule has 0 saturated carbocycles. The third-order valence-corrected chi connectivity index (χ3v) is 2.11. The molecule has 0 aromatic carbocycles. The van der Waals surface area contributed by atoms with Crippen molar-refractivity contribution >= 4 is 11.9 Å². The Bertz CT molecular complexity index is 284. The van der Waals surface area contributed by atoms with Crippen molar-refractivity contribution in [2.75, 3.05) is 13.1 Å².